The fraction of sp³-hybridized carbons (Fsp3) is 0.462. The number of methoxy groups -OCH3 is 1. The van der Waals surface area contributed by atoms with Gasteiger partial charge in [-0.3, -0.25) is 9.69 Å². The van der Waals surface area contributed by atoms with E-state index >= 15 is 0 Å². The van der Waals surface area contributed by atoms with Crippen LogP contribution in [0.15, 0.2) is 24.3 Å². The lowest BCUT2D eigenvalue weighted by Gasteiger charge is -2.19. The fourth-order valence-electron chi connectivity index (χ4n) is 1.75. The monoisotopic (exact) mass is 237 g/mol. The largest absolute Gasteiger partial charge is 0.497 e. The lowest BCUT2D eigenvalue weighted by atomic mass is 10.2. The van der Waals surface area contributed by atoms with Crippen molar-refractivity contribution in [2.45, 2.75) is 19.9 Å². The van der Waals surface area contributed by atoms with Gasteiger partial charge >= 0.3 is 5.97 Å². The van der Waals surface area contributed by atoms with Crippen LogP contribution in [0.5, 0.6) is 5.75 Å². The Labute approximate surface area is 102 Å². The Morgan fingerprint density at radius 3 is 2.82 bits per heavy atom. The quantitative estimate of drug-likeness (QED) is 0.788. The van der Waals surface area contributed by atoms with Crippen LogP contribution in [0.1, 0.15) is 18.9 Å². The first-order valence-electron chi connectivity index (χ1n) is 5.72. The van der Waals surface area contributed by atoms with Crippen LogP contribution in [-0.4, -0.2) is 36.2 Å². The highest BCUT2D eigenvalue weighted by Gasteiger charge is 2.09. The molecule has 1 N–H and O–H groups in total. The zero-order valence-corrected chi connectivity index (χ0v) is 10.3. The fourth-order valence-corrected chi connectivity index (χ4v) is 1.75. The van der Waals surface area contributed by atoms with E-state index in [-0.39, 0.29) is 6.54 Å². The Morgan fingerprint density at radius 2 is 2.24 bits per heavy atom. The third-order valence-corrected chi connectivity index (χ3v) is 2.44. The molecule has 17 heavy (non-hydrogen) atoms. The minimum atomic E-state index is -0.790. The summed E-state index contributed by atoms with van der Waals surface area (Å²) in [5.74, 6) is 0.00983. The van der Waals surface area contributed by atoms with Gasteiger partial charge in [-0.1, -0.05) is 19.1 Å². The van der Waals surface area contributed by atoms with E-state index in [1.807, 2.05) is 36.1 Å². The molecule has 94 valence electrons. The standard InChI is InChI=1S/C13H19NO3/c1-3-7-14(10-13(15)16)9-11-5-4-6-12(8-11)17-2/h4-6,8H,3,7,9-10H2,1-2H3,(H,15,16). The van der Waals surface area contributed by atoms with Crippen LogP contribution >= 0.6 is 0 Å². The number of ether oxygens (including phenoxy) is 1. The number of hydrogen-bond acceptors (Lipinski definition) is 3. The molecule has 0 amide bonds. The highest BCUT2D eigenvalue weighted by Crippen LogP contribution is 2.14. The molecule has 0 atom stereocenters. The van der Waals surface area contributed by atoms with E-state index in [2.05, 4.69) is 0 Å². The van der Waals surface area contributed by atoms with E-state index in [0.717, 1.165) is 24.3 Å². The maximum atomic E-state index is 10.7. The molecule has 0 aliphatic rings. The second-order valence-electron chi connectivity index (χ2n) is 3.96. The molecule has 0 bridgehead atoms. The highest BCUT2D eigenvalue weighted by atomic mass is 16.5. The van der Waals surface area contributed by atoms with Crippen molar-refractivity contribution >= 4 is 5.97 Å². The molecule has 4 heteroatoms. The number of carboxylic acid groups (broad SMARTS) is 1. The smallest absolute Gasteiger partial charge is 0.317 e. The predicted octanol–water partition coefficient (Wildman–Crippen LogP) is 1.99. The lowest BCUT2D eigenvalue weighted by molar-refractivity contribution is -0.138. The van der Waals surface area contributed by atoms with Gasteiger partial charge in [-0.05, 0) is 30.7 Å². The molecular formula is C13H19NO3. The molecule has 0 aromatic heterocycles. The second-order valence-corrected chi connectivity index (χ2v) is 3.96. The summed E-state index contributed by atoms with van der Waals surface area (Å²) < 4.78 is 5.14. The molecule has 0 unspecified atom stereocenters. The van der Waals surface area contributed by atoms with Crippen LogP contribution in [0, 0.1) is 0 Å². The average molecular weight is 237 g/mol. The average Bonchev–Trinajstić information content (AvgIpc) is 2.29. The molecule has 0 aliphatic carbocycles. The number of carbonyl (C=O) groups is 1. The minimum absolute atomic E-state index is 0.0745. The number of carboxylic acids is 1. The van der Waals surface area contributed by atoms with Gasteiger partial charge in [0.05, 0.1) is 13.7 Å². The molecule has 1 rings (SSSR count). The van der Waals surface area contributed by atoms with E-state index in [9.17, 15) is 4.79 Å². The van der Waals surface area contributed by atoms with Gasteiger partial charge in [-0.25, -0.2) is 0 Å². The molecule has 0 fully saturated rings. The normalized spacial score (nSPS) is 10.5. The molecule has 1 aromatic carbocycles. The molecule has 0 saturated carbocycles. The van der Waals surface area contributed by atoms with Gasteiger partial charge < -0.3 is 9.84 Å². The number of benzene rings is 1. The summed E-state index contributed by atoms with van der Waals surface area (Å²) in [5.41, 5.74) is 1.07. The van der Waals surface area contributed by atoms with Gasteiger partial charge in [-0.2, -0.15) is 0 Å². The highest BCUT2D eigenvalue weighted by molar-refractivity contribution is 5.69. The van der Waals surface area contributed by atoms with E-state index in [4.69, 9.17) is 9.84 Å². The van der Waals surface area contributed by atoms with E-state index in [1.165, 1.54) is 0 Å². The van der Waals surface area contributed by atoms with Crippen LogP contribution in [-0.2, 0) is 11.3 Å². The van der Waals surface area contributed by atoms with Crippen molar-refractivity contribution in [3.8, 4) is 5.75 Å². The first kappa shape index (κ1) is 13.5. The van der Waals surface area contributed by atoms with Crippen LogP contribution in [0.4, 0.5) is 0 Å². The molecule has 0 heterocycles. The SMILES string of the molecule is CCCN(CC(=O)O)Cc1cccc(OC)c1. The summed E-state index contributed by atoms with van der Waals surface area (Å²) >= 11 is 0. The van der Waals surface area contributed by atoms with Crippen LogP contribution in [0.3, 0.4) is 0 Å². The van der Waals surface area contributed by atoms with E-state index in [1.54, 1.807) is 7.11 Å². The summed E-state index contributed by atoms with van der Waals surface area (Å²) in [6.45, 7) is 3.53. The van der Waals surface area contributed by atoms with E-state index < -0.39 is 5.97 Å². The number of rotatable bonds is 7. The Bertz CT molecular complexity index is 365. The summed E-state index contributed by atoms with van der Waals surface area (Å²) in [6.07, 6.45) is 0.942. The third kappa shape index (κ3) is 4.87. The van der Waals surface area contributed by atoms with Gasteiger partial charge in [0.25, 0.3) is 0 Å². The minimum Gasteiger partial charge on any atom is -0.497 e. The summed E-state index contributed by atoms with van der Waals surface area (Å²) in [6, 6.07) is 7.71. The molecule has 1 aromatic rings. The lowest BCUT2D eigenvalue weighted by Crippen LogP contribution is -2.30. The topological polar surface area (TPSA) is 49.8 Å². The van der Waals surface area contributed by atoms with Gasteiger partial charge in [-0.15, -0.1) is 0 Å². The molecular weight excluding hydrogens is 218 g/mol. The number of nitrogens with zero attached hydrogens (tertiary/aromatic N) is 1. The van der Waals surface area contributed by atoms with Crippen molar-refractivity contribution in [1.29, 1.82) is 0 Å². The summed E-state index contributed by atoms with van der Waals surface area (Å²) in [5, 5.41) is 8.82. The number of aliphatic carboxylic acids is 1. The van der Waals surface area contributed by atoms with Crippen molar-refractivity contribution in [2.75, 3.05) is 20.2 Å². The van der Waals surface area contributed by atoms with Gasteiger partial charge in [0.15, 0.2) is 0 Å². The Hall–Kier alpha value is -1.55. The maximum Gasteiger partial charge on any atom is 0.317 e. The Balaban J connectivity index is 2.67. The van der Waals surface area contributed by atoms with Gasteiger partial charge in [0.1, 0.15) is 5.75 Å². The summed E-state index contributed by atoms with van der Waals surface area (Å²) in [4.78, 5) is 12.6. The molecule has 0 spiro atoms. The van der Waals surface area contributed by atoms with Crippen LogP contribution in [0.25, 0.3) is 0 Å². The van der Waals surface area contributed by atoms with Crippen molar-refractivity contribution in [2.24, 2.45) is 0 Å². The number of hydrogen-bond donors (Lipinski definition) is 1. The van der Waals surface area contributed by atoms with Gasteiger partial charge in [0.2, 0.25) is 0 Å². The molecule has 0 aliphatic heterocycles. The van der Waals surface area contributed by atoms with Crippen LogP contribution in [0.2, 0.25) is 0 Å². The summed E-state index contributed by atoms with van der Waals surface area (Å²) in [7, 11) is 1.63. The Kier molecular flexibility index (Phi) is 5.49. The van der Waals surface area contributed by atoms with Crippen LogP contribution < -0.4 is 4.74 Å². The zero-order chi connectivity index (χ0) is 12.7. The van der Waals surface area contributed by atoms with Crippen molar-refractivity contribution in [3.05, 3.63) is 29.8 Å². The zero-order valence-electron chi connectivity index (χ0n) is 10.3. The first-order valence-corrected chi connectivity index (χ1v) is 5.72. The molecule has 0 saturated heterocycles. The Morgan fingerprint density at radius 1 is 1.47 bits per heavy atom. The van der Waals surface area contributed by atoms with Crippen molar-refractivity contribution in [1.82, 2.24) is 4.90 Å². The maximum absolute atomic E-state index is 10.7. The third-order valence-electron chi connectivity index (χ3n) is 2.44. The molecule has 4 nitrogen and oxygen atoms in total. The molecule has 0 radical (unpaired) electrons. The predicted molar refractivity (Wildman–Crippen MR) is 66.2 cm³/mol. The van der Waals surface area contributed by atoms with E-state index in [0.29, 0.717) is 6.54 Å². The van der Waals surface area contributed by atoms with Crippen molar-refractivity contribution < 1.29 is 14.6 Å². The first-order chi connectivity index (χ1) is 8.15. The second kappa shape index (κ2) is 6.91. The van der Waals surface area contributed by atoms with Crippen molar-refractivity contribution in [3.63, 3.8) is 0 Å². The van der Waals surface area contributed by atoms with Gasteiger partial charge in [0, 0.05) is 6.54 Å².